The normalized spacial score (nSPS) is 20.7. The third-order valence-corrected chi connectivity index (χ3v) is 4.64. The number of hydrogen-bond donors (Lipinski definition) is 2. The van der Waals surface area contributed by atoms with Crippen LogP contribution in [0, 0.1) is 0 Å². The number of likely N-dealkylation sites (tertiary alicyclic amines) is 1. The molecule has 0 atom stereocenters. The zero-order chi connectivity index (χ0) is 14.2. The molecule has 2 aromatic rings. The largest absolute Gasteiger partial charge is 0.361 e. The van der Waals surface area contributed by atoms with E-state index in [2.05, 4.69) is 15.2 Å². The van der Waals surface area contributed by atoms with Gasteiger partial charge in [-0.25, -0.2) is 0 Å². The Morgan fingerprint density at radius 3 is 2.76 bits per heavy atom. The molecule has 3 heterocycles. The highest BCUT2D eigenvalue weighted by atomic mass is 16.2. The summed E-state index contributed by atoms with van der Waals surface area (Å²) >= 11 is 0. The first kappa shape index (κ1) is 12.9. The van der Waals surface area contributed by atoms with Crippen LogP contribution in [0.1, 0.15) is 10.4 Å². The van der Waals surface area contributed by atoms with Crippen molar-refractivity contribution in [2.45, 2.75) is 6.04 Å². The molecule has 21 heavy (non-hydrogen) atoms. The summed E-state index contributed by atoms with van der Waals surface area (Å²) in [6, 6.07) is 8.45. The quantitative estimate of drug-likeness (QED) is 0.861. The van der Waals surface area contributed by atoms with Gasteiger partial charge in [0.25, 0.3) is 5.91 Å². The van der Waals surface area contributed by atoms with Crippen molar-refractivity contribution in [1.82, 2.24) is 20.1 Å². The number of amides is 1. The summed E-state index contributed by atoms with van der Waals surface area (Å²) in [5.41, 5.74) is 1.74. The maximum absolute atomic E-state index is 12.6. The molecule has 2 N–H and O–H groups in total. The summed E-state index contributed by atoms with van der Waals surface area (Å²) in [5.74, 6) is 0.148. The molecule has 0 bridgehead atoms. The number of nitrogens with zero attached hydrogens (tertiary/aromatic N) is 2. The van der Waals surface area contributed by atoms with E-state index in [-0.39, 0.29) is 5.91 Å². The van der Waals surface area contributed by atoms with Crippen LogP contribution in [0.3, 0.4) is 0 Å². The van der Waals surface area contributed by atoms with Crippen molar-refractivity contribution < 1.29 is 4.79 Å². The predicted octanol–water partition coefficient (Wildman–Crippen LogP) is 0.897. The minimum absolute atomic E-state index is 0.148. The van der Waals surface area contributed by atoms with E-state index in [4.69, 9.17) is 0 Å². The van der Waals surface area contributed by atoms with Crippen molar-refractivity contribution in [2.24, 2.45) is 0 Å². The lowest BCUT2D eigenvalue weighted by Crippen LogP contribution is -2.63. The molecule has 2 saturated heterocycles. The van der Waals surface area contributed by atoms with E-state index in [1.807, 2.05) is 35.4 Å². The molecule has 0 spiro atoms. The van der Waals surface area contributed by atoms with Gasteiger partial charge in [0.05, 0.1) is 11.1 Å². The average molecular weight is 284 g/mol. The molecular weight excluding hydrogens is 264 g/mol. The Balaban J connectivity index is 1.46. The lowest BCUT2D eigenvalue weighted by molar-refractivity contribution is 0.0228. The van der Waals surface area contributed by atoms with E-state index in [1.54, 1.807) is 0 Å². The topological polar surface area (TPSA) is 51.4 Å². The molecule has 0 unspecified atom stereocenters. The van der Waals surface area contributed by atoms with Crippen molar-refractivity contribution >= 4 is 16.8 Å². The van der Waals surface area contributed by atoms with Crippen LogP contribution < -0.4 is 5.32 Å². The zero-order valence-electron chi connectivity index (χ0n) is 12.0. The molecule has 0 aliphatic carbocycles. The van der Waals surface area contributed by atoms with E-state index in [0.29, 0.717) is 6.04 Å². The summed E-state index contributed by atoms with van der Waals surface area (Å²) in [5, 5.41) is 4.47. The molecule has 1 aromatic carbocycles. The van der Waals surface area contributed by atoms with Gasteiger partial charge in [-0.15, -0.1) is 0 Å². The van der Waals surface area contributed by atoms with Gasteiger partial charge in [-0.2, -0.15) is 0 Å². The lowest BCUT2D eigenvalue weighted by Gasteiger charge is -2.46. The predicted molar refractivity (Wildman–Crippen MR) is 82.4 cm³/mol. The van der Waals surface area contributed by atoms with Crippen LogP contribution in [0.5, 0.6) is 0 Å². The van der Waals surface area contributed by atoms with Gasteiger partial charge in [0.2, 0.25) is 0 Å². The summed E-state index contributed by atoms with van der Waals surface area (Å²) in [6.45, 7) is 6.03. The number of carbonyl (C=O) groups excluding carboxylic acids is 1. The number of para-hydroxylation sites is 1. The highest BCUT2D eigenvalue weighted by Crippen LogP contribution is 2.23. The van der Waals surface area contributed by atoms with Gasteiger partial charge >= 0.3 is 0 Å². The maximum Gasteiger partial charge on any atom is 0.256 e. The molecule has 5 nitrogen and oxygen atoms in total. The van der Waals surface area contributed by atoms with Gasteiger partial charge in [-0.05, 0) is 12.1 Å². The first-order chi connectivity index (χ1) is 10.3. The Morgan fingerprint density at radius 1 is 1.14 bits per heavy atom. The molecule has 2 aliphatic heterocycles. The summed E-state index contributed by atoms with van der Waals surface area (Å²) < 4.78 is 0. The number of carbonyl (C=O) groups is 1. The Kier molecular flexibility index (Phi) is 3.16. The van der Waals surface area contributed by atoms with Crippen LogP contribution in [-0.4, -0.2) is 66.0 Å². The first-order valence-corrected chi connectivity index (χ1v) is 7.63. The average Bonchev–Trinajstić information content (AvgIpc) is 2.95. The summed E-state index contributed by atoms with van der Waals surface area (Å²) in [7, 11) is 0. The standard InChI is InChI=1S/C16H20N4O/c21-16(14-3-1-2-12-4-5-18-15(12)14)20-10-13(11-20)19-8-6-17-7-9-19/h1-5,13,17-18H,6-11H2. The first-order valence-electron chi connectivity index (χ1n) is 7.63. The number of H-pyrrole nitrogens is 1. The van der Waals surface area contributed by atoms with Crippen LogP contribution in [0.2, 0.25) is 0 Å². The number of fused-ring (bicyclic) bond motifs is 1. The molecule has 2 fully saturated rings. The van der Waals surface area contributed by atoms with Crippen LogP contribution in [0.25, 0.3) is 10.9 Å². The SMILES string of the molecule is O=C(c1cccc2cc[nH]c12)N1CC(N2CCNCC2)C1. The molecule has 2 aliphatic rings. The third-order valence-electron chi connectivity index (χ3n) is 4.64. The zero-order valence-corrected chi connectivity index (χ0v) is 12.0. The second-order valence-corrected chi connectivity index (χ2v) is 5.90. The molecule has 0 radical (unpaired) electrons. The van der Waals surface area contributed by atoms with Gasteiger partial charge in [-0.3, -0.25) is 9.69 Å². The number of piperazine rings is 1. The minimum atomic E-state index is 0.148. The fourth-order valence-electron chi connectivity index (χ4n) is 3.33. The monoisotopic (exact) mass is 284 g/mol. The molecule has 110 valence electrons. The smallest absolute Gasteiger partial charge is 0.256 e. The number of hydrogen-bond acceptors (Lipinski definition) is 3. The van der Waals surface area contributed by atoms with E-state index >= 15 is 0 Å². The Labute approximate surface area is 123 Å². The van der Waals surface area contributed by atoms with Crippen molar-refractivity contribution in [3.8, 4) is 0 Å². The number of aromatic amines is 1. The van der Waals surface area contributed by atoms with Gasteiger partial charge in [0, 0.05) is 56.9 Å². The van der Waals surface area contributed by atoms with Gasteiger partial charge < -0.3 is 15.2 Å². The number of rotatable bonds is 2. The molecule has 5 heteroatoms. The Hall–Kier alpha value is -1.85. The Morgan fingerprint density at radius 2 is 1.95 bits per heavy atom. The van der Waals surface area contributed by atoms with Crippen molar-refractivity contribution in [3.63, 3.8) is 0 Å². The summed E-state index contributed by atoms with van der Waals surface area (Å²) in [6.07, 6.45) is 1.89. The highest BCUT2D eigenvalue weighted by molar-refractivity contribution is 6.06. The van der Waals surface area contributed by atoms with Crippen LogP contribution in [0.15, 0.2) is 30.5 Å². The van der Waals surface area contributed by atoms with Gasteiger partial charge in [-0.1, -0.05) is 12.1 Å². The third kappa shape index (κ3) is 2.22. The second kappa shape index (κ2) is 5.16. The summed E-state index contributed by atoms with van der Waals surface area (Å²) in [4.78, 5) is 20.3. The van der Waals surface area contributed by atoms with Crippen LogP contribution >= 0.6 is 0 Å². The van der Waals surface area contributed by atoms with Crippen molar-refractivity contribution in [1.29, 1.82) is 0 Å². The van der Waals surface area contributed by atoms with E-state index in [1.165, 1.54) is 0 Å². The second-order valence-electron chi connectivity index (χ2n) is 5.90. The van der Waals surface area contributed by atoms with Crippen molar-refractivity contribution in [2.75, 3.05) is 39.3 Å². The number of nitrogens with one attached hydrogen (secondary N) is 2. The van der Waals surface area contributed by atoms with Crippen molar-refractivity contribution in [3.05, 3.63) is 36.0 Å². The fraction of sp³-hybridized carbons (Fsp3) is 0.438. The van der Waals surface area contributed by atoms with E-state index in [9.17, 15) is 4.79 Å². The van der Waals surface area contributed by atoms with Crippen LogP contribution in [0.4, 0.5) is 0 Å². The van der Waals surface area contributed by atoms with E-state index < -0.39 is 0 Å². The fourth-order valence-corrected chi connectivity index (χ4v) is 3.33. The maximum atomic E-state index is 12.6. The molecule has 0 saturated carbocycles. The van der Waals surface area contributed by atoms with Gasteiger partial charge in [0.1, 0.15) is 0 Å². The number of benzene rings is 1. The highest BCUT2D eigenvalue weighted by Gasteiger charge is 2.35. The molecule has 1 amide bonds. The Bertz CT molecular complexity index is 653. The van der Waals surface area contributed by atoms with E-state index in [0.717, 1.165) is 55.7 Å². The molecular formula is C16H20N4O. The molecule has 1 aromatic heterocycles. The lowest BCUT2D eigenvalue weighted by atomic mass is 10.0. The van der Waals surface area contributed by atoms with Gasteiger partial charge in [0.15, 0.2) is 0 Å². The van der Waals surface area contributed by atoms with Crippen LogP contribution in [-0.2, 0) is 0 Å². The molecule has 4 rings (SSSR count). The minimum Gasteiger partial charge on any atom is -0.361 e. The number of aromatic nitrogens is 1.